The molecule has 0 aromatic carbocycles. The Hall–Kier alpha value is -1.24. The Morgan fingerprint density at radius 1 is 1.00 bits per heavy atom. The van der Waals surface area contributed by atoms with Crippen LogP contribution in [0.4, 0.5) is 5.95 Å². The third-order valence-corrected chi connectivity index (χ3v) is 7.65. The van der Waals surface area contributed by atoms with Crippen LogP contribution in [0.1, 0.15) is 45.1 Å². The van der Waals surface area contributed by atoms with Gasteiger partial charge in [0.05, 0.1) is 0 Å². The first kappa shape index (κ1) is 19.7. The summed E-state index contributed by atoms with van der Waals surface area (Å²) in [6.45, 7) is 14.3. The molecule has 1 aromatic rings. The molecule has 4 aliphatic rings. The summed E-state index contributed by atoms with van der Waals surface area (Å²) in [6.07, 6.45) is 9.43. The fourth-order valence-electron chi connectivity index (χ4n) is 6.31. The molecular weight excluding hydrogens is 360 g/mol. The Balaban J connectivity index is 1.12. The number of piperazine rings is 1. The Kier molecular flexibility index (Phi) is 5.29. The maximum Gasteiger partial charge on any atom is 0.225 e. The van der Waals surface area contributed by atoms with E-state index in [0.717, 1.165) is 31.5 Å². The van der Waals surface area contributed by atoms with E-state index in [0.29, 0.717) is 17.5 Å². The zero-order chi connectivity index (χ0) is 20.0. The molecule has 0 radical (unpaired) electrons. The minimum absolute atomic E-state index is 0.598. The largest absolute Gasteiger partial charge is 0.332 e. The fraction of sp³-hybridized carbons (Fsp3) is 0.826. The maximum absolute atomic E-state index is 4.79. The summed E-state index contributed by atoms with van der Waals surface area (Å²) in [7, 11) is 2.24. The van der Waals surface area contributed by atoms with Crippen LogP contribution in [0.2, 0.25) is 0 Å². The molecule has 4 aliphatic heterocycles. The van der Waals surface area contributed by atoms with Crippen molar-refractivity contribution in [2.75, 3.05) is 57.8 Å². The smallest absolute Gasteiger partial charge is 0.225 e. The summed E-state index contributed by atoms with van der Waals surface area (Å²) < 4.78 is 0. The SMILES string of the molecule is CC(C)CN1CC2(CCN(Cc3cnc(N4C5CCC4CN(C)C5)nc3)CC2)C1. The number of rotatable bonds is 5. The number of nitrogens with zero attached hydrogens (tertiary/aromatic N) is 6. The molecule has 2 atom stereocenters. The molecule has 29 heavy (non-hydrogen) atoms. The summed E-state index contributed by atoms with van der Waals surface area (Å²) in [5.41, 5.74) is 1.88. The highest BCUT2D eigenvalue weighted by Crippen LogP contribution is 2.41. The first-order valence-corrected chi connectivity index (χ1v) is 11.7. The van der Waals surface area contributed by atoms with Crippen LogP contribution in [0, 0.1) is 11.3 Å². The molecular formula is C23H38N6. The summed E-state index contributed by atoms with van der Waals surface area (Å²) >= 11 is 0. The van der Waals surface area contributed by atoms with E-state index >= 15 is 0 Å². The topological polar surface area (TPSA) is 38.7 Å². The average molecular weight is 399 g/mol. The van der Waals surface area contributed by atoms with Crippen LogP contribution in [0.3, 0.4) is 0 Å². The number of likely N-dealkylation sites (N-methyl/N-ethyl adjacent to an activating group) is 1. The number of piperidine rings is 1. The van der Waals surface area contributed by atoms with Gasteiger partial charge in [-0.1, -0.05) is 13.8 Å². The summed E-state index contributed by atoms with van der Waals surface area (Å²) in [4.78, 5) is 19.8. The molecule has 1 spiro atoms. The van der Waals surface area contributed by atoms with Gasteiger partial charge in [0.25, 0.3) is 0 Å². The number of likely N-dealkylation sites (tertiary alicyclic amines) is 3. The molecule has 160 valence electrons. The van der Waals surface area contributed by atoms with Gasteiger partial charge in [-0.2, -0.15) is 0 Å². The number of fused-ring (bicyclic) bond motifs is 2. The lowest BCUT2D eigenvalue weighted by atomic mass is 9.71. The predicted molar refractivity (Wildman–Crippen MR) is 117 cm³/mol. The Morgan fingerprint density at radius 3 is 2.21 bits per heavy atom. The second-order valence-electron chi connectivity index (χ2n) is 10.7. The molecule has 6 nitrogen and oxygen atoms in total. The molecule has 5 heterocycles. The lowest BCUT2D eigenvalue weighted by Gasteiger charge is -2.54. The van der Waals surface area contributed by atoms with Crippen molar-refractivity contribution in [1.29, 1.82) is 0 Å². The van der Waals surface area contributed by atoms with E-state index in [9.17, 15) is 0 Å². The quantitative estimate of drug-likeness (QED) is 0.758. The standard InChI is InChI=1S/C23H38N6/c1-18(2)12-28-16-23(17-28)6-8-27(9-7-23)13-19-10-24-22(25-11-19)29-20-4-5-21(29)15-26(3)14-20/h10-11,18,20-21H,4-9,12-17H2,1-3H3. The minimum atomic E-state index is 0.598. The van der Waals surface area contributed by atoms with E-state index in [1.807, 2.05) is 0 Å². The van der Waals surface area contributed by atoms with Gasteiger partial charge in [0.1, 0.15) is 0 Å². The lowest BCUT2D eigenvalue weighted by molar-refractivity contribution is -0.0525. The minimum Gasteiger partial charge on any atom is -0.332 e. The Labute approximate surface area is 176 Å². The molecule has 0 N–H and O–H groups in total. The van der Waals surface area contributed by atoms with Gasteiger partial charge in [0.2, 0.25) is 5.95 Å². The summed E-state index contributed by atoms with van der Waals surface area (Å²) in [5.74, 6) is 1.74. The van der Waals surface area contributed by atoms with Gasteiger partial charge in [-0.05, 0) is 57.2 Å². The number of anilines is 1. The van der Waals surface area contributed by atoms with Crippen molar-refractivity contribution in [3.8, 4) is 0 Å². The van der Waals surface area contributed by atoms with Crippen molar-refractivity contribution >= 4 is 5.95 Å². The van der Waals surface area contributed by atoms with Gasteiger partial charge in [0.15, 0.2) is 0 Å². The maximum atomic E-state index is 4.79. The second kappa shape index (κ2) is 7.78. The van der Waals surface area contributed by atoms with Crippen molar-refractivity contribution in [3.63, 3.8) is 0 Å². The molecule has 4 fully saturated rings. The summed E-state index contributed by atoms with van der Waals surface area (Å²) in [5, 5.41) is 0. The predicted octanol–water partition coefficient (Wildman–Crippen LogP) is 2.31. The number of hydrogen-bond acceptors (Lipinski definition) is 6. The van der Waals surface area contributed by atoms with Crippen molar-refractivity contribution in [2.45, 2.75) is 58.2 Å². The van der Waals surface area contributed by atoms with E-state index < -0.39 is 0 Å². The van der Waals surface area contributed by atoms with Gasteiger partial charge in [0, 0.05) is 69.3 Å². The van der Waals surface area contributed by atoms with Crippen LogP contribution in [0.25, 0.3) is 0 Å². The third kappa shape index (κ3) is 4.04. The molecule has 5 rings (SSSR count). The van der Waals surface area contributed by atoms with Crippen LogP contribution in [0.5, 0.6) is 0 Å². The van der Waals surface area contributed by atoms with Gasteiger partial charge < -0.3 is 14.7 Å². The highest BCUT2D eigenvalue weighted by Gasteiger charge is 2.44. The monoisotopic (exact) mass is 398 g/mol. The molecule has 1 aromatic heterocycles. The van der Waals surface area contributed by atoms with Crippen molar-refractivity contribution in [1.82, 2.24) is 24.7 Å². The van der Waals surface area contributed by atoms with E-state index in [-0.39, 0.29) is 0 Å². The van der Waals surface area contributed by atoms with Crippen molar-refractivity contribution < 1.29 is 0 Å². The lowest BCUT2D eigenvalue weighted by Crippen LogP contribution is -2.60. The first-order chi connectivity index (χ1) is 14.0. The molecule has 6 heteroatoms. The van der Waals surface area contributed by atoms with Crippen LogP contribution in [0.15, 0.2) is 12.4 Å². The van der Waals surface area contributed by atoms with Gasteiger partial charge in [-0.25, -0.2) is 9.97 Å². The second-order valence-corrected chi connectivity index (χ2v) is 10.7. The van der Waals surface area contributed by atoms with Crippen molar-refractivity contribution in [3.05, 3.63) is 18.0 Å². The Morgan fingerprint density at radius 2 is 1.62 bits per heavy atom. The van der Waals surface area contributed by atoms with E-state index in [1.54, 1.807) is 0 Å². The van der Waals surface area contributed by atoms with Gasteiger partial charge in [-0.3, -0.25) is 4.90 Å². The van der Waals surface area contributed by atoms with Gasteiger partial charge >= 0.3 is 0 Å². The first-order valence-electron chi connectivity index (χ1n) is 11.7. The van der Waals surface area contributed by atoms with Crippen LogP contribution < -0.4 is 4.90 Å². The average Bonchev–Trinajstić information content (AvgIpc) is 2.93. The molecule has 2 unspecified atom stereocenters. The fourth-order valence-corrected chi connectivity index (χ4v) is 6.31. The molecule has 2 bridgehead atoms. The van der Waals surface area contributed by atoms with E-state index in [4.69, 9.17) is 9.97 Å². The van der Waals surface area contributed by atoms with Crippen LogP contribution in [-0.2, 0) is 6.54 Å². The third-order valence-electron chi connectivity index (χ3n) is 7.65. The molecule has 4 saturated heterocycles. The number of aromatic nitrogens is 2. The number of hydrogen-bond donors (Lipinski definition) is 0. The summed E-state index contributed by atoms with van der Waals surface area (Å²) in [6, 6.07) is 1.20. The molecule has 0 amide bonds. The van der Waals surface area contributed by atoms with Crippen LogP contribution >= 0.6 is 0 Å². The molecule has 0 aliphatic carbocycles. The van der Waals surface area contributed by atoms with E-state index in [1.165, 1.54) is 64.0 Å². The highest BCUT2D eigenvalue weighted by molar-refractivity contribution is 5.37. The normalized spacial score (nSPS) is 30.3. The highest BCUT2D eigenvalue weighted by atomic mass is 15.4. The van der Waals surface area contributed by atoms with Crippen molar-refractivity contribution in [2.24, 2.45) is 11.3 Å². The van der Waals surface area contributed by atoms with E-state index in [2.05, 4.69) is 52.9 Å². The van der Waals surface area contributed by atoms with Crippen LogP contribution in [-0.4, -0.2) is 89.6 Å². The van der Waals surface area contributed by atoms with Gasteiger partial charge in [-0.15, -0.1) is 0 Å². The Bertz CT molecular complexity index is 674. The zero-order valence-corrected chi connectivity index (χ0v) is 18.6. The zero-order valence-electron chi connectivity index (χ0n) is 18.6. The molecule has 0 saturated carbocycles.